The quantitative estimate of drug-likeness (QED) is 0.568. The summed E-state index contributed by atoms with van der Waals surface area (Å²) in [6, 6.07) is 3.55. The van der Waals surface area contributed by atoms with Gasteiger partial charge in [-0.2, -0.15) is 10.1 Å². The highest BCUT2D eigenvalue weighted by Gasteiger charge is 2.16. The zero-order valence-electron chi connectivity index (χ0n) is 14.9. The molecule has 0 saturated heterocycles. The first-order valence-electron chi connectivity index (χ1n) is 8.29. The van der Waals surface area contributed by atoms with Crippen molar-refractivity contribution in [1.82, 2.24) is 24.6 Å². The molecule has 0 radical (unpaired) electrons. The maximum absolute atomic E-state index is 13.4. The summed E-state index contributed by atoms with van der Waals surface area (Å²) in [5.74, 6) is -1.65. The van der Waals surface area contributed by atoms with Crippen molar-refractivity contribution >= 4 is 28.2 Å². The smallest absolute Gasteiger partial charge is 0.252 e. The van der Waals surface area contributed by atoms with Crippen molar-refractivity contribution in [3.63, 3.8) is 0 Å². The number of hydrogen-bond acceptors (Lipinski definition) is 6. The van der Waals surface area contributed by atoms with E-state index in [1.165, 1.54) is 23.7 Å². The van der Waals surface area contributed by atoms with Crippen LogP contribution in [0.3, 0.4) is 0 Å². The highest BCUT2D eigenvalue weighted by molar-refractivity contribution is 7.14. The molecular formula is C18H14F2N6OS. The van der Waals surface area contributed by atoms with Gasteiger partial charge in [0.2, 0.25) is 5.91 Å². The SMILES string of the molecule is Cc1nc2ncnn2c(C)c1CC(=O)Nc1nc(-c2ccc(F)c(F)c2)cs1. The van der Waals surface area contributed by atoms with Gasteiger partial charge in [0.1, 0.15) is 6.33 Å². The first-order valence-corrected chi connectivity index (χ1v) is 9.17. The fourth-order valence-corrected chi connectivity index (χ4v) is 3.59. The van der Waals surface area contributed by atoms with Crippen LogP contribution in [-0.4, -0.2) is 30.5 Å². The molecule has 0 spiro atoms. The average molecular weight is 400 g/mol. The summed E-state index contributed by atoms with van der Waals surface area (Å²) in [5.41, 5.74) is 3.14. The van der Waals surface area contributed by atoms with E-state index in [1.54, 1.807) is 9.90 Å². The molecule has 142 valence electrons. The van der Waals surface area contributed by atoms with Crippen LogP contribution in [0.1, 0.15) is 17.0 Å². The first-order chi connectivity index (χ1) is 13.4. The second-order valence-corrected chi connectivity index (χ2v) is 6.98. The number of anilines is 1. The Balaban J connectivity index is 1.52. The molecule has 1 aromatic carbocycles. The van der Waals surface area contributed by atoms with Crippen molar-refractivity contribution in [2.45, 2.75) is 20.3 Å². The lowest BCUT2D eigenvalue weighted by Crippen LogP contribution is -2.17. The van der Waals surface area contributed by atoms with E-state index in [9.17, 15) is 13.6 Å². The van der Waals surface area contributed by atoms with Gasteiger partial charge in [-0.15, -0.1) is 11.3 Å². The summed E-state index contributed by atoms with van der Waals surface area (Å²) < 4.78 is 28.1. The summed E-state index contributed by atoms with van der Waals surface area (Å²) in [5, 5.41) is 8.87. The lowest BCUT2D eigenvalue weighted by atomic mass is 10.1. The van der Waals surface area contributed by atoms with Gasteiger partial charge >= 0.3 is 0 Å². The molecule has 3 aromatic heterocycles. The van der Waals surface area contributed by atoms with E-state index in [0.29, 0.717) is 27.9 Å². The van der Waals surface area contributed by atoms with E-state index in [1.807, 2.05) is 13.8 Å². The number of rotatable bonds is 4. The number of fused-ring (bicyclic) bond motifs is 1. The Hall–Kier alpha value is -3.27. The molecule has 4 aromatic rings. The Labute approximate surface area is 162 Å². The summed E-state index contributed by atoms with van der Waals surface area (Å²) >= 11 is 1.20. The highest BCUT2D eigenvalue weighted by atomic mass is 32.1. The summed E-state index contributed by atoms with van der Waals surface area (Å²) in [7, 11) is 0. The van der Waals surface area contributed by atoms with Gasteiger partial charge < -0.3 is 5.32 Å². The molecule has 0 saturated carbocycles. The third-order valence-corrected chi connectivity index (χ3v) is 5.05. The number of benzene rings is 1. The number of hydrogen-bond donors (Lipinski definition) is 1. The van der Waals surface area contributed by atoms with Crippen LogP contribution in [0.2, 0.25) is 0 Å². The van der Waals surface area contributed by atoms with Crippen molar-refractivity contribution in [3.05, 3.63) is 58.5 Å². The number of nitrogens with zero attached hydrogens (tertiary/aromatic N) is 5. The lowest BCUT2D eigenvalue weighted by molar-refractivity contribution is -0.115. The minimum absolute atomic E-state index is 0.0978. The van der Waals surface area contributed by atoms with Gasteiger partial charge in [-0.05, 0) is 32.0 Å². The number of aromatic nitrogens is 5. The minimum atomic E-state index is -0.946. The Morgan fingerprint density at radius 1 is 1.21 bits per heavy atom. The van der Waals surface area contributed by atoms with E-state index in [0.717, 1.165) is 23.4 Å². The van der Waals surface area contributed by atoms with Crippen LogP contribution in [0.15, 0.2) is 29.9 Å². The predicted octanol–water partition coefficient (Wildman–Crippen LogP) is 3.32. The van der Waals surface area contributed by atoms with Crippen molar-refractivity contribution in [2.75, 3.05) is 5.32 Å². The van der Waals surface area contributed by atoms with E-state index in [2.05, 4.69) is 25.4 Å². The second kappa shape index (κ2) is 7.04. The Morgan fingerprint density at radius 3 is 2.82 bits per heavy atom. The van der Waals surface area contributed by atoms with Gasteiger partial charge in [0.05, 0.1) is 12.1 Å². The standard InChI is InChI=1S/C18H14F2N6OS/c1-9-12(10(2)26-17(23-9)21-8-22-26)6-16(27)25-18-24-15(7-28-18)11-3-4-13(19)14(20)5-11/h3-5,7-8H,6H2,1-2H3,(H,24,25,27). The van der Waals surface area contributed by atoms with Crippen molar-refractivity contribution in [3.8, 4) is 11.3 Å². The molecule has 1 N–H and O–H groups in total. The van der Waals surface area contributed by atoms with Crippen LogP contribution in [-0.2, 0) is 11.2 Å². The van der Waals surface area contributed by atoms with Crippen molar-refractivity contribution in [1.29, 1.82) is 0 Å². The molecule has 0 atom stereocenters. The van der Waals surface area contributed by atoms with Gasteiger partial charge in [0.15, 0.2) is 16.8 Å². The average Bonchev–Trinajstić information content (AvgIpc) is 3.30. The van der Waals surface area contributed by atoms with Gasteiger partial charge in [0.25, 0.3) is 5.78 Å². The van der Waals surface area contributed by atoms with Crippen molar-refractivity contribution < 1.29 is 13.6 Å². The first kappa shape index (κ1) is 18.1. The number of amides is 1. The Morgan fingerprint density at radius 2 is 2.04 bits per heavy atom. The topological polar surface area (TPSA) is 85.1 Å². The van der Waals surface area contributed by atoms with Gasteiger partial charge in [-0.25, -0.2) is 23.3 Å². The largest absolute Gasteiger partial charge is 0.302 e. The van der Waals surface area contributed by atoms with Crippen LogP contribution in [0.25, 0.3) is 17.0 Å². The summed E-state index contributed by atoms with van der Waals surface area (Å²) in [6.45, 7) is 3.67. The molecule has 0 unspecified atom stereocenters. The fraction of sp³-hybridized carbons (Fsp3) is 0.167. The number of thiazole rings is 1. The van der Waals surface area contributed by atoms with E-state index >= 15 is 0 Å². The summed E-state index contributed by atoms with van der Waals surface area (Å²) in [4.78, 5) is 25.2. The number of halogens is 2. The zero-order chi connectivity index (χ0) is 19.8. The molecular weight excluding hydrogens is 386 g/mol. The number of carbonyl (C=O) groups is 1. The molecule has 10 heteroatoms. The second-order valence-electron chi connectivity index (χ2n) is 6.12. The molecule has 0 aliphatic heterocycles. The Kier molecular flexibility index (Phi) is 4.55. The zero-order valence-corrected chi connectivity index (χ0v) is 15.7. The van der Waals surface area contributed by atoms with Crippen LogP contribution >= 0.6 is 11.3 Å². The Bertz CT molecular complexity index is 1200. The lowest BCUT2D eigenvalue weighted by Gasteiger charge is -2.09. The van der Waals surface area contributed by atoms with Gasteiger partial charge in [-0.3, -0.25) is 4.79 Å². The predicted molar refractivity (Wildman–Crippen MR) is 100 cm³/mol. The molecule has 0 fully saturated rings. The van der Waals surface area contributed by atoms with Gasteiger partial charge in [-0.1, -0.05) is 0 Å². The van der Waals surface area contributed by atoms with E-state index in [-0.39, 0.29) is 12.3 Å². The molecule has 0 bridgehead atoms. The number of carbonyl (C=O) groups excluding carboxylic acids is 1. The van der Waals surface area contributed by atoms with E-state index < -0.39 is 11.6 Å². The molecule has 3 heterocycles. The molecule has 0 aliphatic rings. The third-order valence-electron chi connectivity index (χ3n) is 4.29. The normalized spacial score (nSPS) is 11.1. The maximum Gasteiger partial charge on any atom is 0.252 e. The van der Waals surface area contributed by atoms with Crippen LogP contribution in [0, 0.1) is 25.5 Å². The number of nitrogens with one attached hydrogen (secondary N) is 1. The van der Waals surface area contributed by atoms with Gasteiger partial charge in [0, 0.05) is 27.9 Å². The van der Waals surface area contributed by atoms with E-state index in [4.69, 9.17) is 0 Å². The van der Waals surface area contributed by atoms with Crippen LogP contribution < -0.4 is 5.32 Å². The fourth-order valence-electron chi connectivity index (χ4n) is 2.85. The van der Waals surface area contributed by atoms with Crippen LogP contribution in [0.5, 0.6) is 0 Å². The number of aryl methyl sites for hydroxylation is 2. The molecule has 4 rings (SSSR count). The molecule has 0 aliphatic carbocycles. The molecule has 7 nitrogen and oxygen atoms in total. The molecule has 1 amide bonds. The third kappa shape index (κ3) is 3.33. The molecule has 28 heavy (non-hydrogen) atoms. The summed E-state index contributed by atoms with van der Waals surface area (Å²) in [6.07, 6.45) is 1.51. The monoisotopic (exact) mass is 400 g/mol. The maximum atomic E-state index is 13.4. The van der Waals surface area contributed by atoms with Crippen LogP contribution in [0.4, 0.5) is 13.9 Å². The minimum Gasteiger partial charge on any atom is -0.302 e. The highest BCUT2D eigenvalue weighted by Crippen LogP contribution is 2.26. The van der Waals surface area contributed by atoms with Crippen molar-refractivity contribution in [2.24, 2.45) is 0 Å².